The van der Waals surface area contributed by atoms with Gasteiger partial charge in [0.1, 0.15) is 11.5 Å². The number of benzene rings is 1. The Bertz CT molecular complexity index is 1320. The van der Waals surface area contributed by atoms with Crippen molar-refractivity contribution in [3.63, 3.8) is 0 Å². The van der Waals surface area contributed by atoms with E-state index >= 15 is 0 Å². The number of halogens is 1. The first-order valence-corrected chi connectivity index (χ1v) is 12.4. The molecule has 35 heavy (non-hydrogen) atoms. The van der Waals surface area contributed by atoms with Crippen LogP contribution in [-0.4, -0.2) is 26.7 Å². The molecule has 2 aromatic heterocycles. The maximum absolute atomic E-state index is 13.4. The van der Waals surface area contributed by atoms with Gasteiger partial charge in [-0.25, -0.2) is 9.07 Å². The molecule has 3 atom stereocenters. The van der Waals surface area contributed by atoms with Gasteiger partial charge in [0.15, 0.2) is 0 Å². The average molecular weight is 475 g/mol. The van der Waals surface area contributed by atoms with Gasteiger partial charge in [-0.3, -0.25) is 9.59 Å². The second kappa shape index (κ2) is 9.29. The van der Waals surface area contributed by atoms with Crippen LogP contribution >= 0.6 is 0 Å². The number of fused-ring (bicyclic) bond motifs is 2. The summed E-state index contributed by atoms with van der Waals surface area (Å²) in [7, 11) is 0. The topological polar surface area (TPSA) is 79.8 Å². The molecular formula is C28H31FN4O2. The second-order valence-electron chi connectivity index (χ2n) is 10.1. The van der Waals surface area contributed by atoms with Gasteiger partial charge in [0, 0.05) is 12.1 Å². The van der Waals surface area contributed by atoms with E-state index in [9.17, 15) is 14.0 Å². The number of aromatic nitrogens is 3. The van der Waals surface area contributed by atoms with Crippen molar-refractivity contribution in [1.82, 2.24) is 20.1 Å². The van der Waals surface area contributed by atoms with E-state index in [1.54, 1.807) is 24.3 Å². The van der Waals surface area contributed by atoms with Gasteiger partial charge in [0.25, 0.3) is 5.91 Å². The number of nitrogens with one attached hydrogen (secondary N) is 2. The Labute approximate surface area is 204 Å². The maximum atomic E-state index is 13.4. The summed E-state index contributed by atoms with van der Waals surface area (Å²) < 4.78 is 15.3. The number of carbonyl (C=O) groups excluding carboxylic acids is 1. The molecule has 182 valence electrons. The molecule has 0 spiro atoms. The third-order valence-electron chi connectivity index (χ3n) is 7.78. The molecule has 1 amide bonds. The standard InChI is InChI=1S/C28H31FN4O2/c1-3-5-22(31-27(35)24-6-4-7-26(34)32-24)14-19-8-9-20-15-25-18(16-28(19,20)2)17-30-33(25)23-12-10-21(29)11-13-23/h4,6-7,10-13,15,17,19,22H,3,5,8-9,14,16H2,1-2H3,(H,31,35)(H,32,34). The number of hydrogen-bond acceptors (Lipinski definition) is 3. The summed E-state index contributed by atoms with van der Waals surface area (Å²) in [5, 5.41) is 7.79. The zero-order valence-electron chi connectivity index (χ0n) is 20.2. The SMILES string of the molecule is CCCC(CC1CCC2=Cc3c(cnn3-c3ccc(F)cc3)CC21C)NC(=O)c1cccc(=O)[nH]1. The van der Waals surface area contributed by atoms with Crippen molar-refractivity contribution in [3.8, 4) is 5.69 Å². The summed E-state index contributed by atoms with van der Waals surface area (Å²) in [6, 6.07) is 11.1. The Hall–Kier alpha value is -3.48. The fraction of sp³-hybridized carbons (Fsp3) is 0.393. The van der Waals surface area contributed by atoms with Gasteiger partial charge in [-0.1, -0.05) is 31.9 Å². The number of hydrogen-bond donors (Lipinski definition) is 2. The summed E-state index contributed by atoms with van der Waals surface area (Å²) in [5.74, 6) is -0.0546. The molecule has 2 heterocycles. The minimum absolute atomic E-state index is 0.0153. The Morgan fingerprint density at radius 3 is 2.83 bits per heavy atom. The van der Waals surface area contributed by atoms with Crippen molar-refractivity contribution in [2.45, 2.75) is 58.4 Å². The molecule has 1 fully saturated rings. The van der Waals surface area contributed by atoms with Gasteiger partial charge in [-0.05, 0) is 85.4 Å². The predicted molar refractivity (Wildman–Crippen MR) is 134 cm³/mol. The number of pyridine rings is 1. The van der Waals surface area contributed by atoms with Crippen molar-refractivity contribution < 1.29 is 9.18 Å². The zero-order valence-corrected chi connectivity index (χ0v) is 20.2. The van der Waals surface area contributed by atoms with Gasteiger partial charge >= 0.3 is 0 Å². The van der Waals surface area contributed by atoms with Gasteiger partial charge < -0.3 is 10.3 Å². The molecule has 7 heteroatoms. The van der Waals surface area contributed by atoms with E-state index in [0.717, 1.165) is 49.9 Å². The lowest BCUT2D eigenvalue weighted by Crippen LogP contribution is -2.40. The van der Waals surface area contributed by atoms with E-state index < -0.39 is 0 Å². The molecule has 5 rings (SSSR count). The Morgan fingerprint density at radius 1 is 1.29 bits per heavy atom. The van der Waals surface area contributed by atoms with Crippen LogP contribution in [0.1, 0.15) is 67.7 Å². The lowest BCUT2D eigenvalue weighted by Gasteiger charge is -2.37. The second-order valence-corrected chi connectivity index (χ2v) is 10.1. The summed E-state index contributed by atoms with van der Waals surface area (Å²) in [6.45, 7) is 4.47. The van der Waals surface area contributed by atoms with Crippen LogP contribution in [0.3, 0.4) is 0 Å². The summed E-state index contributed by atoms with van der Waals surface area (Å²) in [6.07, 6.45) is 9.97. The molecule has 3 unspecified atom stereocenters. The van der Waals surface area contributed by atoms with Crippen molar-refractivity contribution >= 4 is 12.0 Å². The Balaban J connectivity index is 1.35. The van der Waals surface area contributed by atoms with Crippen molar-refractivity contribution in [2.24, 2.45) is 11.3 Å². The molecule has 1 aromatic carbocycles. The van der Waals surface area contributed by atoms with Crippen molar-refractivity contribution in [3.05, 3.63) is 87.4 Å². The minimum atomic E-state index is -0.276. The van der Waals surface area contributed by atoms with Crippen LogP contribution in [0.5, 0.6) is 0 Å². The monoisotopic (exact) mass is 474 g/mol. The van der Waals surface area contributed by atoms with Crippen LogP contribution in [0, 0.1) is 17.2 Å². The van der Waals surface area contributed by atoms with Gasteiger partial charge in [-0.2, -0.15) is 5.10 Å². The summed E-state index contributed by atoms with van der Waals surface area (Å²) in [4.78, 5) is 27.1. The van der Waals surface area contributed by atoms with E-state index in [1.807, 2.05) is 10.9 Å². The van der Waals surface area contributed by atoms with Crippen molar-refractivity contribution in [2.75, 3.05) is 0 Å². The highest BCUT2D eigenvalue weighted by atomic mass is 19.1. The zero-order chi connectivity index (χ0) is 24.6. The molecule has 6 nitrogen and oxygen atoms in total. The number of allylic oxidation sites excluding steroid dienone is 1. The third-order valence-corrected chi connectivity index (χ3v) is 7.78. The average Bonchev–Trinajstić information content (AvgIpc) is 3.38. The first kappa shape index (κ1) is 23.3. The third kappa shape index (κ3) is 4.47. The first-order chi connectivity index (χ1) is 16.9. The summed E-state index contributed by atoms with van der Waals surface area (Å²) in [5.41, 5.74) is 4.59. The van der Waals surface area contributed by atoms with Crippen LogP contribution in [0.15, 0.2) is 59.0 Å². The highest BCUT2D eigenvalue weighted by molar-refractivity contribution is 5.92. The highest BCUT2D eigenvalue weighted by Gasteiger charge is 2.46. The molecule has 3 aromatic rings. The largest absolute Gasteiger partial charge is 0.348 e. The van der Waals surface area contributed by atoms with Crippen LogP contribution in [0.25, 0.3) is 11.8 Å². The van der Waals surface area contributed by atoms with E-state index in [-0.39, 0.29) is 28.7 Å². The number of nitrogens with zero attached hydrogens (tertiary/aromatic N) is 2. The molecule has 0 aliphatic heterocycles. The van der Waals surface area contributed by atoms with Crippen LogP contribution < -0.4 is 10.9 Å². The Kier molecular flexibility index (Phi) is 6.17. The first-order valence-electron chi connectivity index (χ1n) is 12.4. The van der Waals surface area contributed by atoms with Crippen molar-refractivity contribution in [1.29, 1.82) is 0 Å². The number of amides is 1. The predicted octanol–water partition coefficient (Wildman–Crippen LogP) is 5.04. The normalized spacial score (nSPS) is 21.7. The number of rotatable bonds is 7. The smallest absolute Gasteiger partial charge is 0.268 e. The highest BCUT2D eigenvalue weighted by Crippen LogP contribution is 2.54. The molecule has 1 saturated carbocycles. The molecule has 0 radical (unpaired) electrons. The number of H-pyrrole nitrogens is 1. The molecule has 2 aliphatic carbocycles. The fourth-order valence-corrected chi connectivity index (χ4v) is 5.88. The summed E-state index contributed by atoms with van der Waals surface area (Å²) >= 11 is 0. The fourth-order valence-electron chi connectivity index (χ4n) is 5.88. The van der Waals surface area contributed by atoms with Crippen LogP contribution in [0.2, 0.25) is 0 Å². The van der Waals surface area contributed by atoms with Crippen LogP contribution in [-0.2, 0) is 6.42 Å². The minimum Gasteiger partial charge on any atom is -0.348 e. The van der Waals surface area contributed by atoms with Gasteiger partial charge in [-0.15, -0.1) is 0 Å². The number of aromatic amines is 1. The number of carbonyl (C=O) groups is 1. The quantitative estimate of drug-likeness (QED) is 0.503. The van der Waals surface area contributed by atoms with Gasteiger partial charge in [0.2, 0.25) is 5.56 Å². The lowest BCUT2D eigenvalue weighted by molar-refractivity contribution is 0.0915. The molecule has 2 N–H and O–H groups in total. The van der Waals surface area contributed by atoms with E-state index in [2.05, 4.69) is 35.3 Å². The molecule has 2 aliphatic rings. The molecule has 0 bridgehead atoms. The van der Waals surface area contributed by atoms with Gasteiger partial charge in [0.05, 0.1) is 17.6 Å². The van der Waals surface area contributed by atoms with E-state index in [0.29, 0.717) is 11.6 Å². The lowest BCUT2D eigenvalue weighted by atomic mass is 9.68. The maximum Gasteiger partial charge on any atom is 0.268 e. The van der Waals surface area contributed by atoms with E-state index in [4.69, 9.17) is 0 Å². The molecular weight excluding hydrogens is 443 g/mol. The van der Waals surface area contributed by atoms with Crippen LogP contribution in [0.4, 0.5) is 4.39 Å². The Morgan fingerprint density at radius 2 is 2.09 bits per heavy atom. The molecule has 0 saturated heterocycles. The van der Waals surface area contributed by atoms with E-state index in [1.165, 1.54) is 29.3 Å².